The van der Waals surface area contributed by atoms with Crippen LogP contribution in [0.15, 0.2) is 12.1 Å². The highest BCUT2D eigenvalue weighted by Gasteiger charge is 2.31. The van der Waals surface area contributed by atoms with E-state index in [0.29, 0.717) is 12.3 Å². The van der Waals surface area contributed by atoms with Gasteiger partial charge in [0.25, 0.3) is 0 Å². The summed E-state index contributed by atoms with van der Waals surface area (Å²) in [5.74, 6) is 1.84. The van der Waals surface area contributed by atoms with E-state index in [1.807, 2.05) is 0 Å². The smallest absolute Gasteiger partial charge is 0.223 e. The molecule has 1 atom stereocenters. The van der Waals surface area contributed by atoms with Crippen molar-refractivity contribution in [2.75, 3.05) is 20.8 Å². The topological polar surface area (TPSA) is 38.8 Å². The van der Waals surface area contributed by atoms with Gasteiger partial charge in [-0.15, -0.1) is 0 Å². The van der Waals surface area contributed by atoms with Crippen LogP contribution in [-0.2, 0) is 11.2 Å². The minimum atomic E-state index is 0.210. The maximum Gasteiger partial charge on any atom is 0.223 e. The van der Waals surface area contributed by atoms with Gasteiger partial charge in [-0.25, -0.2) is 0 Å². The van der Waals surface area contributed by atoms with Gasteiger partial charge in [-0.1, -0.05) is 0 Å². The van der Waals surface area contributed by atoms with Crippen molar-refractivity contribution in [3.63, 3.8) is 0 Å². The van der Waals surface area contributed by atoms with Crippen LogP contribution in [0.1, 0.15) is 49.3 Å². The fourth-order valence-electron chi connectivity index (χ4n) is 3.58. The number of methoxy groups -OCH3 is 2. The molecule has 1 aliphatic heterocycles. The molecule has 0 saturated carbocycles. The maximum absolute atomic E-state index is 12.3. The highest BCUT2D eigenvalue weighted by Crippen LogP contribution is 2.41. The summed E-state index contributed by atoms with van der Waals surface area (Å²) in [6.07, 6.45) is 6.06. The lowest BCUT2D eigenvalue weighted by atomic mass is 9.85. The van der Waals surface area contributed by atoms with Gasteiger partial charge in [-0.05, 0) is 55.4 Å². The van der Waals surface area contributed by atoms with Gasteiger partial charge in [0.15, 0.2) is 11.5 Å². The molecule has 3 rings (SSSR count). The van der Waals surface area contributed by atoms with E-state index in [2.05, 4.69) is 17.0 Å². The first-order valence-electron chi connectivity index (χ1n) is 7.79. The van der Waals surface area contributed by atoms with Crippen LogP contribution < -0.4 is 9.47 Å². The van der Waals surface area contributed by atoms with Gasteiger partial charge >= 0.3 is 0 Å². The highest BCUT2D eigenvalue weighted by atomic mass is 16.5. The van der Waals surface area contributed by atoms with E-state index in [4.69, 9.17) is 9.47 Å². The number of rotatable bonds is 3. The van der Waals surface area contributed by atoms with Gasteiger partial charge < -0.3 is 14.4 Å². The van der Waals surface area contributed by atoms with Gasteiger partial charge in [-0.2, -0.15) is 0 Å². The van der Waals surface area contributed by atoms with Crippen LogP contribution in [0.4, 0.5) is 0 Å². The molecule has 1 aromatic rings. The first-order chi connectivity index (χ1) is 10.2. The fourth-order valence-corrected chi connectivity index (χ4v) is 3.58. The van der Waals surface area contributed by atoms with E-state index < -0.39 is 0 Å². The zero-order valence-corrected chi connectivity index (χ0v) is 12.9. The molecule has 1 aromatic carbocycles. The second kappa shape index (κ2) is 5.96. The molecular formula is C17H23NO3. The molecule has 1 unspecified atom stereocenters. The van der Waals surface area contributed by atoms with Crippen molar-refractivity contribution in [2.45, 2.75) is 44.6 Å². The van der Waals surface area contributed by atoms with Crippen molar-refractivity contribution in [1.82, 2.24) is 4.90 Å². The van der Waals surface area contributed by atoms with Crippen molar-refractivity contribution in [3.05, 3.63) is 23.3 Å². The fraction of sp³-hybridized carbons (Fsp3) is 0.588. The van der Waals surface area contributed by atoms with Gasteiger partial charge in [0, 0.05) is 13.0 Å². The van der Waals surface area contributed by atoms with Crippen molar-refractivity contribution in [3.8, 4) is 11.5 Å². The quantitative estimate of drug-likeness (QED) is 0.858. The zero-order chi connectivity index (χ0) is 14.8. The number of ether oxygens (including phenoxy) is 2. The maximum atomic E-state index is 12.3. The highest BCUT2D eigenvalue weighted by molar-refractivity contribution is 5.77. The van der Waals surface area contributed by atoms with Crippen molar-refractivity contribution < 1.29 is 14.3 Å². The number of carbonyl (C=O) groups is 1. The van der Waals surface area contributed by atoms with Crippen LogP contribution >= 0.6 is 0 Å². The molecule has 114 valence electrons. The second-order valence-electron chi connectivity index (χ2n) is 5.86. The summed E-state index contributed by atoms with van der Waals surface area (Å²) in [5.41, 5.74) is 2.54. The van der Waals surface area contributed by atoms with Gasteiger partial charge in [0.2, 0.25) is 5.91 Å². The van der Waals surface area contributed by atoms with Crippen LogP contribution in [0.3, 0.4) is 0 Å². The summed E-state index contributed by atoms with van der Waals surface area (Å²) in [6, 6.07) is 4.36. The monoisotopic (exact) mass is 289 g/mol. The number of carbonyl (C=O) groups excluding carboxylic acids is 1. The summed E-state index contributed by atoms with van der Waals surface area (Å²) < 4.78 is 10.8. The third-order valence-corrected chi connectivity index (χ3v) is 4.66. The van der Waals surface area contributed by atoms with E-state index in [1.54, 1.807) is 14.2 Å². The number of nitrogens with zero attached hydrogens (tertiary/aromatic N) is 1. The molecule has 1 saturated heterocycles. The van der Waals surface area contributed by atoms with E-state index in [1.165, 1.54) is 11.1 Å². The Bertz CT molecular complexity index is 541. The average Bonchev–Trinajstić information content (AvgIpc) is 2.53. The zero-order valence-electron chi connectivity index (χ0n) is 12.9. The molecule has 0 spiro atoms. The van der Waals surface area contributed by atoms with Crippen molar-refractivity contribution in [2.24, 2.45) is 0 Å². The summed E-state index contributed by atoms with van der Waals surface area (Å²) in [7, 11) is 3.33. The number of fused-ring (bicyclic) bond motifs is 1. The summed E-state index contributed by atoms with van der Waals surface area (Å²) in [6.45, 7) is 0.886. The molecule has 0 aromatic heterocycles. The molecule has 1 aliphatic carbocycles. The molecule has 21 heavy (non-hydrogen) atoms. The van der Waals surface area contributed by atoms with Crippen LogP contribution in [-0.4, -0.2) is 31.6 Å². The largest absolute Gasteiger partial charge is 0.493 e. The Hall–Kier alpha value is -1.71. The standard InChI is InChI=1S/C17H23NO3/c1-20-15-10-12-6-5-7-14(13(12)11-16(15)21-2)18-9-4-3-8-17(18)19/h10-11,14H,3-9H2,1-2H3. The SMILES string of the molecule is COc1cc2c(cc1OC)C(N1CCCCC1=O)CCC2. The average molecular weight is 289 g/mol. The first-order valence-corrected chi connectivity index (χ1v) is 7.79. The molecule has 1 amide bonds. The van der Waals surface area contributed by atoms with E-state index in [-0.39, 0.29) is 6.04 Å². The number of piperidine rings is 1. The van der Waals surface area contributed by atoms with Crippen LogP contribution in [0, 0.1) is 0 Å². The Morgan fingerprint density at radius 3 is 2.52 bits per heavy atom. The Kier molecular flexibility index (Phi) is 4.04. The number of hydrogen-bond acceptors (Lipinski definition) is 3. The van der Waals surface area contributed by atoms with Crippen LogP contribution in [0.25, 0.3) is 0 Å². The molecule has 1 fully saturated rings. The van der Waals surface area contributed by atoms with E-state index in [9.17, 15) is 4.79 Å². The molecule has 4 heteroatoms. The lowest BCUT2D eigenvalue weighted by molar-refractivity contribution is -0.136. The minimum Gasteiger partial charge on any atom is -0.493 e. The first kappa shape index (κ1) is 14.2. The molecule has 1 heterocycles. The molecular weight excluding hydrogens is 266 g/mol. The Balaban J connectivity index is 1.98. The molecule has 2 aliphatic rings. The summed E-state index contributed by atoms with van der Waals surface area (Å²) >= 11 is 0. The molecule has 0 N–H and O–H groups in total. The van der Waals surface area contributed by atoms with E-state index >= 15 is 0 Å². The number of likely N-dealkylation sites (tertiary alicyclic amines) is 1. The molecule has 0 radical (unpaired) electrons. The normalized spacial score (nSPS) is 21.9. The molecule has 4 nitrogen and oxygen atoms in total. The number of aryl methyl sites for hydroxylation is 1. The summed E-state index contributed by atoms with van der Waals surface area (Å²) in [5, 5.41) is 0. The predicted octanol–water partition coefficient (Wildman–Crippen LogP) is 3.09. The molecule has 0 bridgehead atoms. The van der Waals surface area contributed by atoms with E-state index in [0.717, 1.165) is 50.1 Å². The lowest BCUT2D eigenvalue weighted by Gasteiger charge is -2.38. The predicted molar refractivity (Wildman–Crippen MR) is 80.8 cm³/mol. The van der Waals surface area contributed by atoms with Crippen LogP contribution in [0.2, 0.25) is 0 Å². The van der Waals surface area contributed by atoms with Crippen molar-refractivity contribution in [1.29, 1.82) is 0 Å². The number of hydrogen-bond donors (Lipinski definition) is 0. The summed E-state index contributed by atoms with van der Waals surface area (Å²) in [4.78, 5) is 14.3. The lowest BCUT2D eigenvalue weighted by Crippen LogP contribution is -2.39. The van der Waals surface area contributed by atoms with Gasteiger partial charge in [0.1, 0.15) is 0 Å². The second-order valence-corrected chi connectivity index (χ2v) is 5.86. The Morgan fingerprint density at radius 1 is 1.05 bits per heavy atom. The van der Waals surface area contributed by atoms with Gasteiger partial charge in [-0.3, -0.25) is 4.79 Å². The third-order valence-electron chi connectivity index (χ3n) is 4.66. The minimum absolute atomic E-state index is 0.210. The Labute approximate surface area is 126 Å². The number of benzene rings is 1. The third kappa shape index (κ3) is 2.59. The number of amides is 1. The van der Waals surface area contributed by atoms with Gasteiger partial charge in [0.05, 0.1) is 20.3 Å². The van der Waals surface area contributed by atoms with Crippen LogP contribution in [0.5, 0.6) is 11.5 Å². The Morgan fingerprint density at radius 2 is 1.81 bits per heavy atom. The van der Waals surface area contributed by atoms with Crippen molar-refractivity contribution >= 4 is 5.91 Å².